The minimum absolute atomic E-state index is 0. The number of nitrogens with one attached hydrogen (secondary N) is 1. The molecule has 0 aromatic heterocycles. The lowest BCUT2D eigenvalue weighted by atomic mass is 10.0. The second kappa shape index (κ2) is 18.2. The first-order chi connectivity index (χ1) is 15.8. The molecular weight excluding hydrogens is 442 g/mol. The van der Waals surface area contributed by atoms with E-state index in [4.69, 9.17) is 32.1 Å². The van der Waals surface area contributed by atoms with Gasteiger partial charge in [-0.3, -0.25) is 5.41 Å². The Morgan fingerprint density at radius 3 is 2.06 bits per heavy atom. The maximum atomic E-state index is 11.8. The van der Waals surface area contributed by atoms with Crippen LogP contribution in [0.4, 0.5) is 8.78 Å². The van der Waals surface area contributed by atoms with Crippen LogP contribution < -0.4 is 21.9 Å². The maximum Gasteiger partial charge on any atom is 0.186 e. The van der Waals surface area contributed by atoms with E-state index in [9.17, 15) is 13.9 Å². The summed E-state index contributed by atoms with van der Waals surface area (Å²) in [7, 11) is 0. The van der Waals surface area contributed by atoms with Crippen LogP contribution >= 0.6 is 0 Å². The van der Waals surface area contributed by atoms with Gasteiger partial charge < -0.3 is 31.8 Å². The number of hydrogen-bond acceptors (Lipinski definition) is 5. The Morgan fingerprint density at radius 2 is 1.53 bits per heavy atom. The van der Waals surface area contributed by atoms with Crippen molar-refractivity contribution in [3.63, 3.8) is 0 Å². The van der Waals surface area contributed by atoms with Crippen molar-refractivity contribution in [2.45, 2.75) is 39.5 Å². The largest absolute Gasteiger partial charge is 0.491 e. The summed E-state index contributed by atoms with van der Waals surface area (Å²) in [6, 6.07) is 14.5. The fourth-order valence-electron chi connectivity index (χ4n) is 2.57. The summed E-state index contributed by atoms with van der Waals surface area (Å²) in [6.07, 6.45) is 0.199. The van der Waals surface area contributed by atoms with Gasteiger partial charge in [-0.15, -0.1) is 0 Å². The molecule has 0 bridgehead atoms. The van der Waals surface area contributed by atoms with E-state index in [1.165, 1.54) is 0 Å². The average molecular weight is 480 g/mol. The number of guanidine groups is 1. The molecule has 8 N–H and O–H groups in total. The predicted molar refractivity (Wildman–Crippen MR) is 132 cm³/mol. The zero-order chi connectivity index (χ0) is 24.5. The number of ether oxygens (including phenoxy) is 2. The number of rotatable bonds is 13. The molecule has 2 aromatic carbocycles. The summed E-state index contributed by atoms with van der Waals surface area (Å²) in [5.41, 5.74) is 18.3. The lowest BCUT2D eigenvalue weighted by Gasteiger charge is -2.11. The minimum Gasteiger partial charge on any atom is -0.491 e. The van der Waals surface area contributed by atoms with Crippen LogP contribution in [0.2, 0.25) is 0 Å². The van der Waals surface area contributed by atoms with Crippen LogP contribution in [0.15, 0.2) is 53.5 Å². The van der Waals surface area contributed by atoms with Gasteiger partial charge in [0.25, 0.3) is 0 Å². The Balaban J connectivity index is 0.000000632. The molecule has 0 amide bonds. The monoisotopic (exact) mass is 479 g/mol. The summed E-state index contributed by atoms with van der Waals surface area (Å²) in [5.74, 6) is 0.777. The van der Waals surface area contributed by atoms with Crippen LogP contribution in [-0.2, 0) is 17.9 Å². The summed E-state index contributed by atoms with van der Waals surface area (Å²) in [6.45, 7) is 0.00724. The van der Waals surface area contributed by atoms with E-state index in [2.05, 4.69) is 4.99 Å². The second-order valence-corrected chi connectivity index (χ2v) is 6.99. The first-order valence-electron chi connectivity index (χ1n) is 10.4. The highest BCUT2D eigenvalue weighted by atomic mass is 18.2. The Hall–Kier alpha value is -3.24. The molecule has 0 aliphatic heterocycles. The molecule has 34 heavy (non-hydrogen) atoms. The van der Waals surface area contributed by atoms with Gasteiger partial charge in [0.2, 0.25) is 0 Å². The van der Waals surface area contributed by atoms with Crippen LogP contribution in [0.25, 0.3) is 0 Å². The second-order valence-electron chi connectivity index (χ2n) is 6.99. The SMILES string of the molecule is C.N=C(N)CCC(O)c1ccc(COCC[18F])cc1.NC(N)=NCc1ccc(OCC[18F])cc1. The van der Waals surface area contributed by atoms with Gasteiger partial charge >= 0.3 is 0 Å². The Morgan fingerprint density at radius 1 is 0.941 bits per heavy atom. The molecule has 2 rings (SSSR count). The molecule has 190 valence electrons. The van der Waals surface area contributed by atoms with Gasteiger partial charge in [-0.1, -0.05) is 43.8 Å². The molecule has 0 saturated carbocycles. The standard InChI is InChI=1S/C13H19FN2O2.C10H14FN3O.CH4/c14-7-8-18-9-10-1-3-11(4-2-10)12(17)5-6-13(15)16;11-5-6-15-9-3-1-8(2-4-9)7-14-10(12)13;/h1-4,12,17H,5-9H2,(H3,15,16);1-4H,5-7H2,(H4,12,13,14);1H4/i14-1;11-1;. The van der Waals surface area contributed by atoms with Crippen LogP contribution in [0.3, 0.4) is 0 Å². The molecule has 8 nitrogen and oxygen atoms in total. The average Bonchev–Trinajstić information content (AvgIpc) is 2.81. The van der Waals surface area contributed by atoms with Crippen molar-refractivity contribution < 1.29 is 23.4 Å². The molecule has 0 spiro atoms. The molecule has 0 fully saturated rings. The number of alkyl halides is 2. The Labute approximate surface area is 200 Å². The van der Waals surface area contributed by atoms with E-state index in [1.54, 1.807) is 24.3 Å². The van der Waals surface area contributed by atoms with Gasteiger partial charge in [-0.25, -0.2) is 13.8 Å². The highest BCUT2D eigenvalue weighted by Crippen LogP contribution is 2.19. The number of nitrogens with two attached hydrogens (primary N) is 3. The highest BCUT2D eigenvalue weighted by molar-refractivity contribution is 5.76. The van der Waals surface area contributed by atoms with Gasteiger partial charge in [-0.05, 0) is 35.2 Å². The van der Waals surface area contributed by atoms with E-state index in [1.807, 2.05) is 24.3 Å². The molecule has 1 atom stereocenters. The summed E-state index contributed by atoms with van der Waals surface area (Å²) < 4.78 is 33.8. The van der Waals surface area contributed by atoms with Crippen molar-refractivity contribution in [2.75, 3.05) is 26.6 Å². The zero-order valence-electron chi connectivity index (χ0n) is 18.6. The number of hydrogen-bond donors (Lipinski definition) is 5. The fourth-order valence-corrected chi connectivity index (χ4v) is 2.57. The Kier molecular flexibility index (Phi) is 16.5. The molecule has 1 unspecified atom stereocenters. The summed E-state index contributed by atoms with van der Waals surface area (Å²) in [4.78, 5) is 3.86. The van der Waals surface area contributed by atoms with Gasteiger partial charge in [-0.2, -0.15) is 0 Å². The molecule has 0 saturated heterocycles. The zero-order valence-corrected chi connectivity index (χ0v) is 18.6. The first-order valence-corrected chi connectivity index (χ1v) is 10.4. The van der Waals surface area contributed by atoms with E-state index in [-0.39, 0.29) is 32.4 Å². The van der Waals surface area contributed by atoms with Crippen molar-refractivity contribution in [1.82, 2.24) is 0 Å². The van der Waals surface area contributed by atoms with E-state index >= 15 is 0 Å². The van der Waals surface area contributed by atoms with Crippen LogP contribution in [0.1, 0.15) is 43.1 Å². The third kappa shape index (κ3) is 14.0. The highest BCUT2D eigenvalue weighted by Gasteiger charge is 2.07. The van der Waals surface area contributed by atoms with Gasteiger partial charge in [0.15, 0.2) is 5.96 Å². The summed E-state index contributed by atoms with van der Waals surface area (Å²) in [5, 5.41) is 16.9. The topological polar surface area (TPSA) is 153 Å². The third-order valence-corrected chi connectivity index (χ3v) is 4.26. The van der Waals surface area contributed by atoms with Crippen LogP contribution in [0, 0.1) is 5.41 Å². The lowest BCUT2D eigenvalue weighted by Crippen LogP contribution is -2.22. The van der Waals surface area contributed by atoms with Gasteiger partial charge in [0.1, 0.15) is 25.7 Å². The number of halogens is 2. The number of aliphatic imine (C=N–C) groups is 1. The maximum absolute atomic E-state index is 11.8. The first kappa shape index (κ1) is 30.8. The fraction of sp³-hybridized carbons (Fsp3) is 0.417. The lowest BCUT2D eigenvalue weighted by molar-refractivity contribution is 0.106. The van der Waals surface area contributed by atoms with E-state index in [0.29, 0.717) is 31.7 Å². The molecule has 2 aromatic rings. The third-order valence-electron chi connectivity index (χ3n) is 4.26. The number of nitrogens with zero attached hydrogens (tertiary/aromatic N) is 1. The molecule has 10 heteroatoms. The quantitative estimate of drug-likeness (QED) is 0.169. The van der Waals surface area contributed by atoms with Gasteiger partial charge in [0, 0.05) is 6.42 Å². The molecule has 0 aliphatic rings. The molecule has 0 radical (unpaired) electrons. The van der Waals surface area contributed by atoms with Crippen LogP contribution in [0.5, 0.6) is 5.75 Å². The smallest absolute Gasteiger partial charge is 0.186 e. The Bertz CT molecular complexity index is 830. The molecular formula is C24H37F2N5O3. The molecule has 0 heterocycles. The normalized spacial score (nSPS) is 10.8. The van der Waals surface area contributed by atoms with E-state index < -0.39 is 19.5 Å². The van der Waals surface area contributed by atoms with Gasteiger partial charge in [0.05, 0.1) is 31.7 Å². The molecule has 0 aliphatic carbocycles. The van der Waals surface area contributed by atoms with Crippen molar-refractivity contribution in [3.8, 4) is 5.75 Å². The number of aliphatic hydroxyl groups excluding tert-OH is 1. The predicted octanol–water partition coefficient (Wildman–Crippen LogP) is 3.37. The number of benzene rings is 2. The van der Waals surface area contributed by atoms with Crippen molar-refractivity contribution in [1.29, 1.82) is 5.41 Å². The van der Waals surface area contributed by atoms with Crippen molar-refractivity contribution in [3.05, 3.63) is 65.2 Å². The number of aliphatic hydroxyl groups is 1. The van der Waals surface area contributed by atoms with Crippen LogP contribution in [-0.4, -0.2) is 43.5 Å². The summed E-state index contributed by atoms with van der Waals surface area (Å²) >= 11 is 0. The van der Waals surface area contributed by atoms with E-state index in [0.717, 1.165) is 16.7 Å². The van der Waals surface area contributed by atoms with Crippen molar-refractivity contribution in [2.24, 2.45) is 22.2 Å². The van der Waals surface area contributed by atoms with Crippen molar-refractivity contribution >= 4 is 11.8 Å². The minimum atomic E-state index is -0.616. The number of amidine groups is 1.